The molecule has 3 rings (SSSR count). The lowest BCUT2D eigenvalue weighted by molar-refractivity contribution is -0.145. The van der Waals surface area contributed by atoms with E-state index in [1.807, 2.05) is 12.1 Å². The smallest absolute Gasteiger partial charge is 0.344 e. The lowest BCUT2D eigenvalue weighted by Crippen LogP contribution is -2.15. The average Bonchev–Trinajstić information content (AvgIpc) is 2.82. The van der Waals surface area contributed by atoms with Gasteiger partial charge in [0.25, 0.3) is 0 Å². The first-order valence-electron chi connectivity index (χ1n) is 10.7. The van der Waals surface area contributed by atoms with Gasteiger partial charge in [-0.3, -0.25) is 4.98 Å². The number of halogens is 1. The summed E-state index contributed by atoms with van der Waals surface area (Å²) in [4.78, 5) is 15.8. The van der Waals surface area contributed by atoms with Crippen LogP contribution in [0.4, 0.5) is 0 Å². The third kappa shape index (κ3) is 7.04. The molecule has 0 saturated carbocycles. The summed E-state index contributed by atoms with van der Waals surface area (Å²) in [6, 6.07) is 16.8. The van der Waals surface area contributed by atoms with E-state index >= 15 is 0 Å². The Kier molecular flexibility index (Phi) is 8.86. The second kappa shape index (κ2) is 11.8. The number of aryl methyl sites for hydroxylation is 1. The number of ether oxygens (including phenoxy) is 2. The van der Waals surface area contributed by atoms with Gasteiger partial charge < -0.3 is 9.47 Å². The standard InChI is InChI=1S/C25H26ClNO5S/c1-2-31-25(28)18-32-22-12-8-20(9-13-22)24(7-3-5-19-6-4-16-27-17-19)33(29,30)23-14-10-21(26)11-15-23/h4,6,8-17,24H,2-3,5,7,18H2,1H3. The quantitative estimate of drug-likeness (QED) is 0.345. The Labute approximate surface area is 199 Å². The van der Waals surface area contributed by atoms with E-state index in [0.29, 0.717) is 29.2 Å². The molecule has 174 valence electrons. The number of nitrogens with zero attached hydrogens (tertiary/aromatic N) is 1. The normalized spacial score (nSPS) is 12.2. The van der Waals surface area contributed by atoms with E-state index < -0.39 is 21.1 Å². The molecule has 0 saturated heterocycles. The summed E-state index contributed by atoms with van der Waals surface area (Å²) in [6.45, 7) is 1.80. The van der Waals surface area contributed by atoms with Gasteiger partial charge in [-0.25, -0.2) is 13.2 Å². The monoisotopic (exact) mass is 487 g/mol. The third-order valence-electron chi connectivity index (χ3n) is 5.09. The fraction of sp³-hybridized carbons (Fsp3) is 0.280. The van der Waals surface area contributed by atoms with Crippen molar-refractivity contribution in [3.8, 4) is 5.75 Å². The Balaban J connectivity index is 1.80. The maximum atomic E-state index is 13.5. The number of aromatic nitrogens is 1. The minimum atomic E-state index is -3.66. The van der Waals surface area contributed by atoms with Gasteiger partial charge in [0.1, 0.15) is 5.75 Å². The maximum Gasteiger partial charge on any atom is 0.344 e. The number of rotatable bonds is 11. The molecule has 0 radical (unpaired) electrons. The maximum absolute atomic E-state index is 13.5. The van der Waals surface area contributed by atoms with Crippen LogP contribution in [0.5, 0.6) is 5.75 Å². The van der Waals surface area contributed by atoms with Crippen molar-refractivity contribution in [2.75, 3.05) is 13.2 Å². The molecule has 1 heterocycles. The first-order chi connectivity index (χ1) is 15.9. The highest BCUT2D eigenvalue weighted by molar-refractivity contribution is 7.91. The van der Waals surface area contributed by atoms with Gasteiger partial charge in [-0.15, -0.1) is 0 Å². The van der Waals surface area contributed by atoms with Gasteiger partial charge in [-0.2, -0.15) is 0 Å². The van der Waals surface area contributed by atoms with Crippen LogP contribution in [0.25, 0.3) is 0 Å². The third-order valence-corrected chi connectivity index (χ3v) is 7.52. The van der Waals surface area contributed by atoms with Gasteiger partial charge >= 0.3 is 5.97 Å². The van der Waals surface area contributed by atoms with Crippen LogP contribution in [0.15, 0.2) is 78.0 Å². The van der Waals surface area contributed by atoms with Gasteiger partial charge in [0.15, 0.2) is 16.4 Å². The van der Waals surface area contributed by atoms with Crippen molar-refractivity contribution in [2.24, 2.45) is 0 Å². The van der Waals surface area contributed by atoms with Gasteiger partial charge in [-0.05, 0) is 79.8 Å². The van der Waals surface area contributed by atoms with Crippen LogP contribution in [0, 0.1) is 0 Å². The molecule has 0 fully saturated rings. The van der Waals surface area contributed by atoms with Crippen LogP contribution in [-0.4, -0.2) is 32.6 Å². The summed E-state index contributed by atoms with van der Waals surface area (Å²) in [6.07, 6.45) is 5.33. The number of hydrogen-bond acceptors (Lipinski definition) is 6. The molecule has 0 aliphatic rings. The second-order valence-corrected chi connectivity index (χ2v) is 9.97. The number of pyridine rings is 1. The summed E-state index contributed by atoms with van der Waals surface area (Å²) in [5, 5.41) is -0.264. The van der Waals surface area contributed by atoms with Crippen LogP contribution in [0.2, 0.25) is 5.02 Å². The topological polar surface area (TPSA) is 82.6 Å². The number of benzene rings is 2. The summed E-state index contributed by atoms with van der Waals surface area (Å²) in [5.74, 6) is 0.00461. The fourth-order valence-corrected chi connectivity index (χ4v) is 5.41. The van der Waals surface area contributed by atoms with E-state index in [4.69, 9.17) is 21.1 Å². The molecule has 2 aromatic carbocycles. The molecular formula is C25H26ClNO5S. The Morgan fingerprint density at radius 1 is 1.06 bits per heavy atom. The van der Waals surface area contributed by atoms with Gasteiger partial charge in [0.05, 0.1) is 16.8 Å². The lowest BCUT2D eigenvalue weighted by Gasteiger charge is -2.19. The van der Waals surface area contributed by atoms with E-state index in [-0.39, 0.29) is 18.1 Å². The zero-order valence-corrected chi connectivity index (χ0v) is 19.9. The summed E-state index contributed by atoms with van der Waals surface area (Å²) >= 11 is 5.95. The largest absolute Gasteiger partial charge is 0.482 e. The van der Waals surface area contributed by atoms with Crippen molar-refractivity contribution >= 4 is 27.4 Å². The van der Waals surface area contributed by atoms with Gasteiger partial charge in [0, 0.05) is 17.4 Å². The number of carbonyl (C=O) groups is 1. The predicted octanol–water partition coefficient (Wildman–Crippen LogP) is 5.21. The van der Waals surface area contributed by atoms with Crippen LogP contribution >= 0.6 is 11.6 Å². The van der Waals surface area contributed by atoms with Gasteiger partial charge in [0.2, 0.25) is 0 Å². The molecule has 1 unspecified atom stereocenters. The molecule has 33 heavy (non-hydrogen) atoms. The lowest BCUT2D eigenvalue weighted by atomic mass is 10.0. The zero-order valence-electron chi connectivity index (χ0n) is 18.3. The van der Waals surface area contributed by atoms with Crippen LogP contribution in [0.3, 0.4) is 0 Å². The van der Waals surface area contributed by atoms with E-state index in [1.54, 1.807) is 55.7 Å². The Hall–Kier alpha value is -2.90. The molecule has 0 aliphatic carbocycles. The fourth-order valence-electron chi connectivity index (χ4n) is 3.45. The first kappa shape index (κ1) is 24.7. The van der Waals surface area contributed by atoms with E-state index in [0.717, 1.165) is 12.0 Å². The number of sulfone groups is 1. The molecular weight excluding hydrogens is 462 g/mol. The highest BCUT2D eigenvalue weighted by Gasteiger charge is 2.29. The highest BCUT2D eigenvalue weighted by Crippen LogP contribution is 2.34. The van der Waals surface area contributed by atoms with E-state index in [1.165, 1.54) is 12.1 Å². The minimum Gasteiger partial charge on any atom is -0.482 e. The summed E-state index contributed by atoms with van der Waals surface area (Å²) < 4.78 is 37.3. The average molecular weight is 488 g/mol. The van der Waals surface area contributed by atoms with Crippen LogP contribution in [-0.2, 0) is 25.8 Å². The SMILES string of the molecule is CCOC(=O)COc1ccc(C(CCCc2cccnc2)S(=O)(=O)c2ccc(Cl)cc2)cc1. The zero-order chi connectivity index (χ0) is 23.7. The molecule has 0 amide bonds. The number of carbonyl (C=O) groups excluding carboxylic acids is 1. The van der Waals surface area contributed by atoms with Crippen molar-refractivity contribution in [2.45, 2.75) is 36.3 Å². The Morgan fingerprint density at radius 2 is 1.79 bits per heavy atom. The molecule has 0 spiro atoms. The van der Waals surface area contributed by atoms with Crippen molar-refractivity contribution in [3.05, 3.63) is 89.2 Å². The van der Waals surface area contributed by atoms with Crippen molar-refractivity contribution in [1.82, 2.24) is 4.98 Å². The van der Waals surface area contributed by atoms with Crippen LogP contribution < -0.4 is 4.74 Å². The van der Waals surface area contributed by atoms with Crippen molar-refractivity contribution in [1.29, 1.82) is 0 Å². The number of hydrogen-bond donors (Lipinski definition) is 0. The van der Waals surface area contributed by atoms with Crippen molar-refractivity contribution in [3.63, 3.8) is 0 Å². The molecule has 0 aliphatic heterocycles. The Bertz CT molecular complexity index is 1130. The van der Waals surface area contributed by atoms with Crippen LogP contribution in [0.1, 0.15) is 36.1 Å². The molecule has 3 aromatic rings. The van der Waals surface area contributed by atoms with E-state index in [9.17, 15) is 13.2 Å². The van der Waals surface area contributed by atoms with E-state index in [2.05, 4.69) is 4.98 Å². The molecule has 0 bridgehead atoms. The van der Waals surface area contributed by atoms with Crippen molar-refractivity contribution < 1.29 is 22.7 Å². The van der Waals surface area contributed by atoms with Gasteiger partial charge in [-0.1, -0.05) is 29.8 Å². The minimum absolute atomic E-state index is 0.204. The predicted molar refractivity (Wildman–Crippen MR) is 127 cm³/mol. The molecule has 6 nitrogen and oxygen atoms in total. The summed E-state index contributed by atoms with van der Waals surface area (Å²) in [5.41, 5.74) is 1.71. The number of esters is 1. The molecule has 1 aromatic heterocycles. The molecule has 8 heteroatoms. The second-order valence-electron chi connectivity index (χ2n) is 7.40. The summed E-state index contributed by atoms with van der Waals surface area (Å²) in [7, 11) is -3.66. The first-order valence-corrected chi connectivity index (χ1v) is 12.6. The molecule has 1 atom stereocenters. The molecule has 0 N–H and O–H groups in total. The Morgan fingerprint density at radius 3 is 2.42 bits per heavy atom. The highest BCUT2D eigenvalue weighted by atomic mass is 35.5.